The van der Waals surface area contributed by atoms with Crippen LogP contribution in [-0.4, -0.2) is 12.6 Å². The van der Waals surface area contributed by atoms with Gasteiger partial charge in [0.05, 0.1) is 12.3 Å². The summed E-state index contributed by atoms with van der Waals surface area (Å²) in [5, 5.41) is 3.53. The van der Waals surface area contributed by atoms with Crippen LogP contribution in [0.1, 0.15) is 31.2 Å². The third-order valence-electron chi connectivity index (χ3n) is 4.00. The second kappa shape index (κ2) is 6.17. The fraction of sp³-hybridized carbons (Fsp3) is 0.333. The highest BCUT2D eigenvalue weighted by atomic mass is 19.1. The standard InChI is InChI=1S/C18H20FNO/c1-2-21-18-9-4-3-8-17(18)20-16-11-14(12-16)13-6-5-7-15(19)10-13/h3-10,14,16,20H,2,11-12H2,1H3. The van der Waals surface area contributed by atoms with Gasteiger partial charge in [0.15, 0.2) is 0 Å². The Morgan fingerprint density at radius 3 is 2.71 bits per heavy atom. The van der Waals surface area contributed by atoms with Crippen LogP contribution in [0, 0.1) is 5.82 Å². The van der Waals surface area contributed by atoms with Crippen LogP contribution in [0.3, 0.4) is 0 Å². The summed E-state index contributed by atoms with van der Waals surface area (Å²) in [4.78, 5) is 0. The number of halogens is 1. The number of anilines is 1. The van der Waals surface area contributed by atoms with Gasteiger partial charge in [0.1, 0.15) is 11.6 Å². The molecule has 0 aromatic heterocycles. The number of benzene rings is 2. The summed E-state index contributed by atoms with van der Waals surface area (Å²) in [6.07, 6.45) is 2.06. The van der Waals surface area contributed by atoms with Gasteiger partial charge in [-0.2, -0.15) is 0 Å². The van der Waals surface area contributed by atoms with E-state index in [2.05, 4.69) is 5.32 Å². The molecule has 2 aromatic rings. The van der Waals surface area contributed by atoms with Crippen molar-refractivity contribution in [3.05, 3.63) is 59.9 Å². The van der Waals surface area contributed by atoms with Crippen LogP contribution < -0.4 is 10.1 Å². The topological polar surface area (TPSA) is 21.3 Å². The molecule has 3 rings (SSSR count). The minimum atomic E-state index is -0.148. The third-order valence-corrected chi connectivity index (χ3v) is 4.00. The lowest BCUT2D eigenvalue weighted by atomic mass is 9.76. The van der Waals surface area contributed by atoms with Gasteiger partial charge in [-0.15, -0.1) is 0 Å². The summed E-state index contributed by atoms with van der Waals surface area (Å²) in [5.74, 6) is 1.21. The lowest BCUT2D eigenvalue weighted by Gasteiger charge is -2.37. The lowest BCUT2D eigenvalue weighted by molar-refractivity contribution is 0.337. The Morgan fingerprint density at radius 2 is 1.95 bits per heavy atom. The maximum atomic E-state index is 13.2. The van der Waals surface area contributed by atoms with Crippen molar-refractivity contribution in [1.82, 2.24) is 0 Å². The molecule has 0 amide bonds. The summed E-state index contributed by atoms with van der Waals surface area (Å²) in [6.45, 7) is 2.65. The highest BCUT2D eigenvalue weighted by Gasteiger charge is 2.30. The first-order valence-corrected chi connectivity index (χ1v) is 7.50. The van der Waals surface area contributed by atoms with E-state index >= 15 is 0 Å². The minimum absolute atomic E-state index is 0.148. The number of para-hydroxylation sites is 2. The van der Waals surface area contributed by atoms with Crippen LogP contribution >= 0.6 is 0 Å². The van der Waals surface area contributed by atoms with E-state index in [1.807, 2.05) is 37.3 Å². The first kappa shape index (κ1) is 13.9. The summed E-state index contributed by atoms with van der Waals surface area (Å²) in [7, 11) is 0. The van der Waals surface area contributed by atoms with E-state index in [9.17, 15) is 4.39 Å². The SMILES string of the molecule is CCOc1ccccc1NC1CC(c2cccc(F)c2)C1. The van der Waals surface area contributed by atoms with Gasteiger partial charge in [-0.1, -0.05) is 24.3 Å². The quantitative estimate of drug-likeness (QED) is 0.868. The molecule has 1 aliphatic carbocycles. The number of nitrogens with one attached hydrogen (secondary N) is 1. The summed E-state index contributed by atoms with van der Waals surface area (Å²) in [5.41, 5.74) is 2.15. The van der Waals surface area contributed by atoms with Gasteiger partial charge in [-0.25, -0.2) is 4.39 Å². The van der Waals surface area contributed by atoms with E-state index in [-0.39, 0.29) is 5.82 Å². The molecule has 1 saturated carbocycles. The number of rotatable bonds is 5. The normalized spacial score (nSPS) is 20.7. The summed E-state index contributed by atoms with van der Waals surface area (Å²) in [6, 6.07) is 15.4. The Kier molecular flexibility index (Phi) is 4.09. The Morgan fingerprint density at radius 1 is 1.14 bits per heavy atom. The van der Waals surface area contributed by atoms with Crippen molar-refractivity contribution in [1.29, 1.82) is 0 Å². The summed E-state index contributed by atoms with van der Waals surface area (Å²) < 4.78 is 18.9. The molecule has 21 heavy (non-hydrogen) atoms. The Bertz CT molecular complexity index is 608. The van der Waals surface area contributed by atoms with Gasteiger partial charge in [-0.3, -0.25) is 0 Å². The lowest BCUT2D eigenvalue weighted by Crippen LogP contribution is -2.34. The monoisotopic (exact) mass is 285 g/mol. The molecule has 1 N–H and O–H groups in total. The zero-order chi connectivity index (χ0) is 14.7. The molecule has 1 aliphatic rings. The first-order chi connectivity index (χ1) is 10.3. The largest absolute Gasteiger partial charge is 0.492 e. The van der Waals surface area contributed by atoms with E-state index in [4.69, 9.17) is 4.74 Å². The molecule has 0 radical (unpaired) electrons. The van der Waals surface area contributed by atoms with Crippen LogP contribution in [0.25, 0.3) is 0 Å². The second-order valence-electron chi connectivity index (χ2n) is 5.49. The van der Waals surface area contributed by atoms with Crippen LogP contribution in [0.15, 0.2) is 48.5 Å². The fourth-order valence-electron chi connectivity index (χ4n) is 2.86. The van der Waals surface area contributed by atoms with Crippen LogP contribution in [-0.2, 0) is 0 Å². The predicted octanol–water partition coefficient (Wildman–Crippen LogP) is 4.58. The Balaban J connectivity index is 1.60. The number of ether oxygens (including phenoxy) is 1. The van der Waals surface area contributed by atoms with Crippen LogP contribution in [0.5, 0.6) is 5.75 Å². The second-order valence-corrected chi connectivity index (χ2v) is 5.49. The van der Waals surface area contributed by atoms with Crippen molar-refractivity contribution >= 4 is 5.69 Å². The van der Waals surface area contributed by atoms with Gasteiger partial charge in [0, 0.05) is 6.04 Å². The average molecular weight is 285 g/mol. The Hall–Kier alpha value is -2.03. The molecule has 2 aromatic carbocycles. The fourth-order valence-corrected chi connectivity index (χ4v) is 2.86. The van der Waals surface area contributed by atoms with E-state index < -0.39 is 0 Å². The molecule has 3 heteroatoms. The molecule has 0 heterocycles. The maximum Gasteiger partial charge on any atom is 0.142 e. The van der Waals surface area contributed by atoms with E-state index in [0.717, 1.165) is 29.8 Å². The molecular formula is C18H20FNO. The molecule has 0 bridgehead atoms. The van der Waals surface area contributed by atoms with E-state index in [0.29, 0.717) is 18.6 Å². The Labute approximate surface area is 125 Å². The van der Waals surface area contributed by atoms with Crippen molar-refractivity contribution in [3.8, 4) is 5.75 Å². The molecule has 0 aliphatic heterocycles. The van der Waals surface area contributed by atoms with Gasteiger partial charge in [-0.05, 0) is 55.5 Å². The smallest absolute Gasteiger partial charge is 0.142 e. The molecule has 0 saturated heterocycles. The van der Waals surface area contributed by atoms with Crippen molar-refractivity contribution in [3.63, 3.8) is 0 Å². The highest BCUT2D eigenvalue weighted by Crippen LogP contribution is 2.39. The van der Waals surface area contributed by atoms with Crippen LogP contribution in [0.2, 0.25) is 0 Å². The van der Waals surface area contributed by atoms with Crippen molar-refractivity contribution in [2.24, 2.45) is 0 Å². The van der Waals surface area contributed by atoms with Crippen molar-refractivity contribution < 1.29 is 9.13 Å². The van der Waals surface area contributed by atoms with E-state index in [1.54, 1.807) is 12.1 Å². The minimum Gasteiger partial charge on any atom is -0.492 e. The van der Waals surface area contributed by atoms with Gasteiger partial charge in [0.25, 0.3) is 0 Å². The van der Waals surface area contributed by atoms with Gasteiger partial charge in [0.2, 0.25) is 0 Å². The van der Waals surface area contributed by atoms with Gasteiger partial charge >= 0.3 is 0 Å². The molecule has 0 spiro atoms. The highest BCUT2D eigenvalue weighted by molar-refractivity contribution is 5.57. The molecule has 0 unspecified atom stereocenters. The third kappa shape index (κ3) is 3.18. The zero-order valence-electron chi connectivity index (χ0n) is 12.2. The molecule has 110 valence electrons. The van der Waals surface area contributed by atoms with Crippen molar-refractivity contribution in [2.45, 2.75) is 31.7 Å². The van der Waals surface area contributed by atoms with Gasteiger partial charge < -0.3 is 10.1 Å². The number of hydrogen-bond acceptors (Lipinski definition) is 2. The maximum absolute atomic E-state index is 13.2. The summed E-state index contributed by atoms with van der Waals surface area (Å²) >= 11 is 0. The first-order valence-electron chi connectivity index (χ1n) is 7.50. The van der Waals surface area contributed by atoms with Crippen molar-refractivity contribution in [2.75, 3.05) is 11.9 Å². The molecule has 1 fully saturated rings. The van der Waals surface area contributed by atoms with Crippen LogP contribution in [0.4, 0.5) is 10.1 Å². The van der Waals surface area contributed by atoms with E-state index in [1.165, 1.54) is 6.07 Å². The molecular weight excluding hydrogens is 265 g/mol. The molecule has 2 nitrogen and oxygen atoms in total. The predicted molar refractivity (Wildman–Crippen MR) is 83.4 cm³/mol. The zero-order valence-corrected chi connectivity index (χ0v) is 12.2. The average Bonchev–Trinajstić information content (AvgIpc) is 2.44. The number of hydrogen-bond donors (Lipinski definition) is 1. The molecule has 0 atom stereocenters.